The van der Waals surface area contributed by atoms with Gasteiger partial charge in [-0.25, -0.2) is 8.42 Å². The van der Waals surface area contributed by atoms with Crippen LogP contribution >= 0.6 is 10.7 Å². The summed E-state index contributed by atoms with van der Waals surface area (Å²) in [4.78, 5) is 0. The standard InChI is InChI=1S/C11H13ClO4S/c1-15-10-6-5-9(8-11(10)16-2)4-3-7-17(12,13)14/h3-6,8H,7H2,1-2H3. The molecule has 17 heavy (non-hydrogen) atoms. The van der Waals surface area contributed by atoms with Gasteiger partial charge in [-0.15, -0.1) is 0 Å². The van der Waals surface area contributed by atoms with Crippen LogP contribution < -0.4 is 9.47 Å². The van der Waals surface area contributed by atoms with E-state index in [4.69, 9.17) is 20.2 Å². The Balaban J connectivity index is 2.86. The van der Waals surface area contributed by atoms with Crippen LogP contribution in [0.1, 0.15) is 5.56 Å². The number of methoxy groups -OCH3 is 2. The van der Waals surface area contributed by atoms with Gasteiger partial charge >= 0.3 is 0 Å². The van der Waals surface area contributed by atoms with Gasteiger partial charge in [-0.3, -0.25) is 0 Å². The molecule has 0 aromatic heterocycles. The van der Waals surface area contributed by atoms with Gasteiger partial charge in [0.15, 0.2) is 11.5 Å². The van der Waals surface area contributed by atoms with Crippen molar-refractivity contribution in [2.75, 3.05) is 20.0 Å². The van der Waals surface area contributed by atoms with Crippen molar-refractivity contribution in [3.05, 3.63) is 29.8 Å². The molecule has 1 rings (SSSR count). The Morgan fingerprint density at radius 3 is 2.41 bits per heavy atom. The monoisotopic (exact) mass is 276 g/mol. The van der Waals surface area contributed by atoms with E-state index in [0.29, 0.717) is 11.5 Å². The van der Waals surface area contributed by atoms with Crippen molar-refractivity contribution in [3.8, 4) is 11.5 Å². The maximum atomic E-state index is 10.7. The highest BCUT2D eigenvalue weighted by Gasteiger charge is 2.03. The number of hydrogen-bond donors (Lipinski definition) is 0. The summed E-state index contributed by atoms with van der Waals surface area (Å²) < 4.78 is 31.6. The van der Waals surface area contributed by atoms with Crippen molar-refractivity contribution < 1.29 is 17.9 Å². The Morgan fingerprint density at radius 1 is 1.24 bits per heavy atom. The molecule has 0 unspecified atom stereocenters. The summed E-state index contributed by atoms with van der Waals surface area (Å²) in [6.45, 7) is 0. The number of halogens is 1. The summed E-state index contributed by atoms with van der Waals surface area (Å²) in [6.07, 6.45) is 3.13. The van der Waals surface area contributed by atoms with E-state index in [-0.39, 0.29) is 5.75 Å². The molecule has 0 aliphatic carbocycles. The molecule has 4 nitrogen and oxygen atoms in total. The molecule has 6 heteroatoms. The molecule has 0 saturated carbocycles. The quantitative estimate of drug-likeness (QED) is 0.774. The first-order valence-corrected chi connectivity index (χ1v) is 7.25. The molecule has 94 valence electrons. The second-order valence-electron chi connectivity index (χ2n) is 3.22. The van der Waals surface area contributed by atoms with Crippen LogP contribution in [0.2, 0.25) is 0 Å². The van der Waals surface area contributed by atoms with E-state index in [9.17, 15) is 8.42 Å². The van der Waals surface area contributed by atoms with E-state index in [2.05, 4.69) is 0 Å². The average molecular weight is 277 g/mol. The van der Waals surface area contributed by atoms with Gasteiger partial charge in [0.2, 0.25) is 9.05 Å². The summed E-state index contributed by atoms with van der Waals surface area (Å²) in [5, 5.41) is 0. The van der Waals surface area contributed by atoms with Crippen LogP contribution in [-0.2, 0) is 9.05 Å². The summed E-state index contributed by atoms with van der Waals surface area (Å²) in [7, 11) is 4.67. The normalized spacial score (nSPS) is 11.7. The highest BCUT2D eigenvalue weighted by molar-refractivity contribution is 8.13. The lowest BCUT2D eigenvalue weighted by Gasteiger charge is -2.07. The number of ether oxygens (including phenoxy) is 2. The topological polar surface area (TPSA) is 52.6 Å². The predicted molar refractivity (Wildman–Crippen MR) is 68.2 cm³/mol. The highest BCUT2D eigenvalue weighted by Crippen LogP contribution is 2.27. The third-order valence-electron chi connectivity index (χ3n) is 2.01. The first-order chi connectivity index (χ1) is 7.96. The molecule has 0 aliphatic heterocycles. The van der Waals surface area contributed by atoms with Crippen molar-refractivity contribution in [1.29, 1.82) is 0 Å². The lowest BCUT2D eigenvalue weighted by molar-refractivity contribution is 0.355. The molecule has 0 aliphatic rings. The smallest absolute Gasteiger partial charge is 0.236 e. The molecule has 1 aromatic rings. The van der Waals surface area contributed by atoms with Gasteiger partial charge in [-0.05, 0) is 17.7 Å². The van der Waals surface area contributed by atoms with Gasteiger partial charge in [0.05, 0.1) is 20.0 Å². The molecule has 0 saturated heterocycles. The maximum absolute atomic E-state index is 10.7. The van der Waals surface area contributed by atoms with Crippen LogP contribution in [0.3, 0.4) is 0 Å². The van der Waals surface area contributed by atoms with Gasteiger partial charge in [-0.2, -0.15) is 0 Å². The molecule has 1 aromatic carbocycles. The van der Waals surface area contributed by atoms with E-state index in [1.54, 1.807) is 31.4 Å². The lowest BCUT2D eigenvalue weighted by atomic mass is 10.2. The number of rotatable bonds is 5. The minimum Gasteiger partial charge on any atom is -0.493 e. The van der Waals surface area contributed by atoms with Crippen molar-refractivity contribution in [1.82, 2.24) is 0 Å². The predicted octanol–water partition coefficient (Wildman–Crippen LogP) is 2.29. The summed E-state index contributed by atoms with van der Waals surface area (Å²) >= 11 is 0. The molecule has 0 amide bonds. The van der Waals surface area contributed by atoms with Crippen molar-refractivity contribution in [3.63, 3.8) is 0 Å². The van der Waals surface area contributed by atoms with Crippen molar-refractivity contribution in [2.45, 2.75) is 0 Å². The molecule has 0 radical (unpaired) electrons. The Labute approximate surface area is 105 Å². The lowest BCUT2D eigenvalue weighted by Crippen LogP contribution is -1.92. The maximum Gasteiger partial charge on any atom is 0.236 e. The third-order valence-corrected chi connectivity index (χ3v) is 2.98. The minimum atomic E-state index is -3.49. The third kappa shape index (κ3) is 4.66. The van der Waals surface area contributed by atoms with Crippen LogP contribution in [-0.4, -0.2) is 28.4 Å². The molecule has 0 bridgehead atoms. The van der Waals surface area contributed by atoms with Gasteiger partial charge in [0.25, 0.3) is 0 Å². The minimum absolute atomic E-state index is 0.205. The Hall–Kier alpha value is -1.20. The second-order valence-corrected chi connectivity index (χ2v) is 6.04. The molecule has 0 spiro atoms. The first-order valence-electron chi connectivity index (χ1n) is 4.77. The van der Waals surface area contributed by atoms with Gasteiger partial charge in [0, 0.05) is 10.7 Å². The SMILES string of the molecule is COc1ccc(C=CCS(=O)(=O)Cl)cc1OC. The zero-order chi connectivity index (χ0) is 12.9. The van der Waals surface area contributed by atoms with Crippen LogP contribution in [0.4, 0.5) is 0 Å². The molecular weight excluding hydrogens is 264 g/mol. The fourth-order valence-electron chi connectivity index (χ4n) is 1.26. The second kappa shape index (κ2) is 5.93. The summed E-state index contributed by atoms with van der Waals surface area (Å²) in [5.74, 6) is 1.00. The highest BCUT2D eigenvalue weighted by atomic mass is 35.7. The fraction of sp³-hybridized carbons (Fsp3) is 0.273. The molecule has 0 N–H and O–H groups in total. The summed E-state index contributed by atoms with van der Waals surface area (Å²) in [5.41, 5.74) is 0.808. The largest absolute Gasteiger partial charge is 0.493 e. The van der Waals surface area contributed by atoms with Crippen LogP contribution in [0.5, 0.6) is 11.5 Å². The van der Waals surface area contributed by atoms with Gasteiger partial charge in [0.1, 0.15) is 0 Å². The van der Waals surface area contributed by atoms with Gasteiger partial charge < -0.3 is 9.47 Å². The van der Waals surface area contributed by atoms with Crippen molar-refractivity contribution in [2.24, 2.45) is 0 Å². The molecular formula is C11H13ClO4S. The Bertz CT molecular complexity index is 508. The summed E-state index contributed by atoms with van der Waals surface area (Å²) in [6, 6.07) is 5.28. The van der Waals surface area contributed by atoms with E-state index in [0.717, 1.165) is 5.56 Å². The zero-order valence-corrected chi connectivity index (χ0v) is 11.1. The van der Waals surface area contributed by atoms with Crippen LogP contribution in [0, 0.1) is 0 Å². The average Bonchev–Trinajstić information content (AvgIpc) is 2.27. The number of hydrogen-bond acceptors (Lipinski definition) is 4. The Morgan fingerprint density at radius 2 is 1.88 bits per heavy atom. The zero-order valence-electron chi connectivity index (χ0n) is 9.51. The van der Waals surface area contributed by atoms with Gasteiger partial charge in [-0.1, -0.05) is 18.2 Å². The van der Waals surface area contributed by atoms with Crippen LogP contribution in [0.15, 0.2) is 24.3 Å². The Kier molecular flexibility index (Phi) is 4.84. The first kappa shape index (κ1) is 13.9. The van der Waals surface area contributed by atoms with Crippen molar-refractivity contribution >= 4 is 25.8 Å². The fourth-order valence-corrected chi connectivity index (χ4v) is 1.80. The van der Waals surface area contributed by atoms with E-state index >= 15 is 0 Å². The van der Waals surface area contributed by atoms with E-state index < -0.39 is 9.05 Å². The van der Waals surface area contributed by atoms with E-state index in [1.807, 2.05) is 0 Å². The molecule has 0 heterocycles. The molecule has 0 fully saturated rings. The number of benzene rings is 1. The molecule has 0 atom stereocenters. The van der Waals surface area contributed by atoms with Crippen LogP contribution in [0.25, 0.3) is 6.08 Å². The van der Waals surface area contributed by atoms with E-state index in [1.165, 1.54) is 13.2 Å².